The topological polar surface area (TPSA) is 40.5 Å². The summed E-state index contributed by atoms with van der Waals surface area (Å²) in [7, 11) is 0. The molecule has 0 radical (unpaired) electrons. The molecule has 0 saturated heterocycles. The van der Waals surface area contributed by atoms with Crippen molar-refractivity contribution in [1.82, 2.24) is 0 Å². The second-order valence-corrected chi connectivity index (χ2v) is 6.77. The zero-order valence-corrected chi connectivity index (χ0v) is 10.3. The molecule has 2 nitrogen and oxygen atoms in total. The van der Waals surface area contributed by atoms with Crippen LogP contribution in [0.5, 0.6) is 0 Å². The quantitative estimate of drug-likeness (QED) is 0.773. The minimum Gasteiger partial charge on any atom is -0.390 e. The van der Waals surface area contributed by atoms with Gasteiger partial charge in [-0.25, -0.2) is 0 Å². The average molecular weight is 224 g/mol. The van der Waals surface area contributed by atoms with E-state index in [0.717, 1.165) is 31.6 Å². The van der Waals surface area contributed by atoms with Gasteiger partial charge in [-0.1, -0.05) is 19.8 Å². The maximum absolute atomic E-state index is 10.5. The van der Waals surface area contributed by atoms with Crippen LogP contribution in [0, 0.1) is 17.8 Å². The Morgan fingerprint density at radius 1 is 1.00 bits per heavy atom. The largest absolute Gasteiger partial charge is 0.390 e. The lowest BCUT2D eigenvalue weighted by molar-refractivity contribution is -0.220. The van der Waals surface area contributed by atoms with Crippen LogP contribution in [0.2, 0.25) is 0 Å². The summed E-state index contributed by atoms with van der Waals surface area (Å²) in [6.07, 6.45) is 8.38. The first-order chi connectivity index (χ1) is 7.54. The lowest BCUT2D eigenvalue weighted by Gasteiger charge is -2.61. The van der Waals surface area contributed by atoms with Crippen LogP contribution in [0.25, 0.3) is 0 Å². The Morgan fingerprint density at radius 2 is 1.50 bits per heavy atom. The molecular weight excluding hydrogens is 200 g/mol. The summed E-state index contributed by atoms with van der Waals surface area (Å²) in [6.45, 7) is 2.25. The Hall–Kier alpha value is -0.0800. The fraction of sp³-hybridized carbons (Fsp3) is 1.00. The van der Waals surface area contributed by atoms with E-state index in [2.05, 4.69) is 6.92 Å². The van der Waals surface area contributed by atoms with Crippen molar-refractivity contribution in [2.24, 2.45) is 17.8 Å². The molecule has 0 spiro atoms. The van der Waals surface area contributed by atoms with Gasteiger partial charge in [0.1, 0.15) is 0 Å². The molecule has 4 rings (SSSR count). The molecule has 0 aromatic rings. The first-order valence-electron chi connectivity index (χ1n) is 6.98. The second kappa shape index (κ2) is 3.46. The average Bonchev–Trinajstić information content (AvgIpc) is 2.12. The summed E-state index contributed by atoms with van der Waals surface area (Å²) in [4.78, 5) is 0. The third kappa shape index (κ3) is 1.62. The highest BCUT2D eigenvalue weighted by molar-refractivity contribution is 5.11. The Kier molecular flexibility index (Phi) is 2.38. The van der Waals surface area contributed by atoms with Gasteiger partial charge in [0.25, 0.3) is 0 Å². The minimum absolute atomic E-state index is 0.511. The van der Waals surface area contributed by atoms with E-state index >= 15 is 0 Å². The first-order valence-corrected chi connectivity index (χ1v) is 6.98. The van der Waals surface area contributed by atoms with Gasteiger partial charge in [0.15, 0.2) is 0 Å². The highest BCUT2D eigenvalue weighted by Gasteiger charge is 2.59. The van der Waals surface area contributed by atoms with Crippen LogP contribution in [0.15, 0.2) is 0 Å². The van der Waals surface area contributed by atoms with Gasteiger partial charge >= 0.3 is 0 Å². The smallest absolute Gasteiger partial charge is 0.0680 e. The summed E-state index contributed by atoms with van der Waals surface area (Å²) < 4.78 is 0. The Labute approximate surface area is 98.1 Å². The molecule has 4 saturated carbocycles. The van der Waals surface area contributed by atoms with Gasteiger partial charge < -0.3 is 10.2 Å². The lowest BCUT2D eigenvalue weighted by atomic mass is 9.48. The van der Waals surface area contributed by atoms with Crippen LogP contribution in [-0.2, 0) is 0 Å². The van der Waals surface area contributed by atoms with Crippen LogP contribution in [0.4, 0.5) is 0 Å². The van der Waals surface area contributed by atoms with E-state index in [4.69, 9.17) is 0 Å². The van der Waals surface area contributed by atoms with Crippen molar-refractivity contribution in [2.75, 3.05) is 0 Å². The molecule has 0 aromatic heterocycles. The SMILES string of the molecule is CCCCC1C2CC3(O)CC1CC(O)(C2)C3. The van der Waals surface area contributed by atoms with Crippen LogP contribution < -0.4 is 0 Å². The maximum atomic E-state index is 10.5. The van der Waals surface area contributed by atoms with Gasteiger partial charge in [-0.15, -0.1) is 0 Å². The summed E-state index contributed by atoms with van der Waals surface area (Å²) >= 11 is 0. The van der Waals surface area contributed by atoms with Crippen molar-refractivity contribution in [3.8, 4) is 0 Å². The van der Waals surface area contributed by atoms with Gasteiger partial charge in [-0.05, 0) is 49.9 Å². The Balaban J connectivity index is 1.79. The molecular formula is C14H24O2. The predicted octanol–water partition coefficient (Wildman–Crippen LogP) is 2.48. The van der Waals surface area contributed by atoms with Gasteiger partial charge in [0, 0.05) is 6.42 Å². The minimum atomic E-state index is -0.511. The van der Waals surface area contributed by atoms with E-state index in [9.17, 15) is 10.2 Å². The number of hydrogen-bond donors (Lipinski definition) is 2. The van der Waals surface area contributed by atoms with E-state index in [0.29, 0.717) is 18.3 Å². The van der Waals surface area contributed by atoms with Crippen molar-refractivity contribution in [3.05, 3.63) is 0 Å². The molecule has 0 aromatic carbocycles. The highest BCUT2D eigenvalue weighted by Crippen LogP contribution is 2.60. The van der Waals surface area contributed by atoms with Gasteiger partial charge in [0.2, 0.25) is 0 Å². The second-order valence-electron chi connectivity index (χ2n) is 6.77. The Bertz CT molecular complexity index is 250. The third-order valence-electron chi connectivity index (χ3n) is 5.33. The van der Waals surface area contributed by atoms with Crippen molar-refractivity contribution in [1.29, 1.82) is 0 Å². The number of hydrogen-bond acceptors (Lipinski definition) is 2. The van der Waals surface area contributed by atoms with Crippen LogP contribution in [-0.4, -0.2) is 21.4 Å². The molecule has 4 aliphatic carbocycles. The summed E-state index contributed by atoms with van der Waals surface area (Å²) in [5.41, 5.74) is -1.02. The monoisotopic (exact) mass is 224 g/mol. The summed E-state index contributed by atoms with van der Waals surface area (Å²) in [5.74, 6) is 1.99. The molecule has 0 unspecified atom stereocenters. The summed E-state index contributed by atoms with van der Waals surface area (Å²) in [6, 6.07) is 0. The molecule has 2 heteroatoms. The zero-order chi connectivity index (χ0) is 11.4. The van der Waals surface area contributed by atoms with E-state index in [1.54, 1.807) is 0 Å². The third-order valence-corrected chi connectivity index (χ3v) is 5.33. The van der Waals surface area contributed by atoms with E-state index in [1.807, 2.05) is 0 Å². The maximum Gasteiger partial charge on any atom is 0.0680 e. The van der Waals surface area contributed by atoms with Crippen molar-refractivity contribution in [2.45, 2.75) is 69.5 Å². The number of aliphatic hydroxyl groups is 2. The fourth-order valence-corrected chi connectivity index (χ4v) is 5.07. The van der Waals surface area contributed by atoms with Crippen molar-refractivity contribution < 1.29 is 10.2 Å². The number of unbranched alkanes of at least 4 members (excludes halogenated alkanes) is 1. The molecule has 2 N–H and O–H groups in total. The predicted molar refractivity (Wildman–Crippen MR) is 63.0 cm³/mol. The van der Waals surface area contributed by atoms with Gasteiger partial charge in [0.05, 0.1) is 11.2 Å². The first kappa shape index (κ1) is 11.0. The molecule has 92 valence electrons. The van der Waals surface area contributed by atoms with Crippen LogP contribution in [0.1, 0.15) is 58.3 Å². The molecule has 4 fully saturated rings. The molecule has 0 heterocycles. The molecule has 0 amide bonds. The highest BCUT2D eigenvalue weighted by atomic mass is 16.3. The Morgan fingerprint density at radius 3 is 1.94 bits per heavy atom. The van der Waals surface area contributed by atoms with Crippen LogP contribution in [0.3, 0.4) is 0 Å². The van der Waals surface area contributed by atoms with Crippen molar-refractivity contribution in [3.63, 3.8) is 0 Å². The molecule has 16 heavy (non-hydrogen) atoms. The molecule has 4 bridgehead atoms. The van der Waals surface area contributed by atoms with E-state index in [1.165, 1.54) is 19.3 Å². The molecule has 0 atom stereocenters. The zero-order valence-electron chi connectivity index (χ0n) is 10.3. The van der Waals surface area contributed by atoms with Crippen molar-refractivity contribution >= 4 is 0 Å². The van der Waals surface area contributed by atoms with E-state index in [-0.39, 0.29) is 0 Å². The summed E-state index contributed by atoms with van der Waals surface area (Å²) in [5, 5.41) is 20.9. The normalized spacial score (nSPS) is 54.6. The van der Waals surface area contributed by atoms with E-state index < -0.39 is 11.2 Å². The molecule has 4 aliphatic rings. The number of rotatable bonds is 3. The van der Waals surface area contributed by atoms with Gasteiger partial charge in [-0.2, -0.15) is 0 Å². The fourth-order valence-electron chi connectivity index (χ4n) is 5.07. The molecule has 0 aliphatic heterocycles. The lowest BCUT2D eigenvalue weighted by Crippen LogP contribution is -2.62. The standard InChI is InChI=1S/C14H24O2/c1-2-3-4-12-10-5-13(15)7-11(12)8-14(16,6-10)9-13/h10-12,15-16H,2-9H2,1H3. The van der Waals surface area contributed by atoms with Gasteiger partial charge in [-0.3, -0.25) is 0 Å². The van der Waals surface area contributed by atoms with Crippen LogP contribution >= 0.6 is 0 Å².